The summed E-state index contributed by atoms with van der Waals surface area (Å²) in [5.74, 6) is -2.02. The third-order valence-electron chi connectivity index (χ3n) is 6.49. The number of Topliss-reactive ketones (excluding diaryl/α,β-unsaturated/α-hetero) is 1. The molecule has 4 aromatic rings. The maximum Gasteiger partial charge on any atom is 0.395 e. The molecular weight excluding hydrogens is 898 g/mol. The van der Waals surface area contributed by atoms with E-state index < -0.39 is 29.6 Å². The predicted octanol–water partition coefficient (Wildman–Crippen LogP) is 8.45. The summed E-state index contributed by atoms with van der Waals surface area (Å²) in [6.07, 6.45) is -3.14. The van der Waals surface area contributed by atoms with Gasteiger partial charge in [0.1, 0.15) is 5.78 Å². The molecule has 15 heteroatoms. The summed E-state index contributed by atoms with van der Waals surface area (Å²) < 4.78 is 49.4. The van der Waals surface area contributed by atoms with Crippen molar-refractivity contribution in [2.24, 2.45) is 4.99 Å². The monoisotopic (exact) mass is 934 g/mol. The molecule has 264 valence electrons. The Hall–Kier alpha value is -3.90. The first-order valence-electron chi connectivity index (χ1n) is 15.2. The molecule has 50 heavy (non-hydrogen) atoms. The van der Waals surface area contributed by atoms with Crippen molar-refractivity contribution < 1.29 is 68.1 Å². The summed E-state index contributed by atoms with van der Waals surface area (Å²) in [6.45, 7) is 9.47. The van der Waals surface area contributed by atoms with E-state index in [1.165, 1.54) is 22.9 Å². The summed E-state index contributed by atoms with van der Waals surface area (Å²) in [5, 5.41) is 12.4. The van der Waals surface area contributed by atoms with Crippen LogP contribution >= 0.6 is 11.8 Å². The number of aryl methyl sites for hydroxylation is 1. The third-order valence-corrected chi connectivity index (χ3v) is 7.47. The molecule has 3 amide bonds. The van der Waals surface area contributed by atoms with Gasteiger partial charge in [-0.25, -0.2) is 9.18 Å². The Kier molecular flexibility index (Phi) is 17.5. The maximum absolute atomic E-state index is 14.0. The van der Waals surface area contributed by atoms with Crippen LogP contribution in [-0.4, -0.2) is 51.4 Å². The maximum atomic E-state index is 14.0. The minimum absolute atomic E-state index is 0. The number of carbonyl (C=O) groups excluding carboxylic acids is 3. The second-order valence-corrected chi connectivity index (χ2v) is 11.7. The number of aromatic nitrogens is 2. The van der Waals surface area contributed by atoms with Crippen LogP contribution in [0.1, 0.15) is 55.6 Å². The molecule has 0 radical (unpaired) electrons. The fourth-order valence-electron chi connectivity index (χ4n) is 3.91. The van der Waals surface area contributed by atoms with Gasteiger partial charge in [-0.15, -0.1) is 17.3 Å². The molecule has 0 aliphatic carbocycles. The summed E-state index contributed by atoms with van der Waals surface area (Å²) in [7, 11) is 0. The van der Waals surface area contributed by atoms with Crippen LogP contribution in [0.5, 0.6) is 5.75 Å². The van der Waals surface area contributed by atoms with Gasteiger partial charge in [0, 0.05) is 75.0 Å². The summed E-state index contributed by atoms with van der Waals surface area (Å²) >= 11 is 1.20. The van der Waals surface area contributed by atoms with Crippen molar-refractivity contribution in [3.05, 3.63) is 95.3 Å². The van der Waals surface area contributed by atoms with Crippen LogP contribution < -0.4 is 15.4 Å². The molecule has 3 N–H and O–H groups in total. The van der Waals surface area contributed by atoms with Crippen LogP contribution in [0.2, 0.25) is 0 Å². The van der Waals surface area contributed by atoms with E-state index in [-0.39, 0.29) is 54.0 Å². The van der Waals surface area contributed by atoms with Gasteiger partial charge in [0.05, 0.1) is 16.5 Å². The van der Waals surface area contributed by atoms with Crippen molar-refractivity contribution in [3.8, 4) is 17.0 Å². The number of alkyl halides is 2. The number of hydrogen-bond acceptors (Lipinski definition) is 7. The standard InChI is InChI=1S/C25H24F3N5O4S.C10H13O.U/c1-4-18(34)13-38-14(2)29-24(36)30-17-8-5-15(6-9-17)20-12-22(33-32-20)31-23(35)16-7-10-21(19(26)11-16)37-25(3,27)28;1-3-11-8-10-7-5-4-6-9(10)2;/h5-12H,4,13H2,1-3H3,(H,30,36)(H2,31,32,33,35);5-7H,3,8H2,1-2H3;/q;-1;/b29-14-;;. The molecular formula is C35H37F3N5O5SU-. The summed E-state index contributed by atoms with van der Waals surface area (Å²) in [5.41, 5.74) is 4.12. The molecule has 0 spiro atoms. The number of nitrogens with zero attached hydrogens (tertiary/aromatic N) is 2. The number of amides is 3. The van der Waals surface area contributed by atoms with E-state index in [1.807, 2.05) is 25.1 Å². The number of ether oxygens (including phenoxy) is 2. The van der Waals surface area contributed by atoms with Crippen molar-refractivity contribution in [1.29, 1.82) is 0 Å². The number of benzene rings is 3. The first-order valence-corrected chi connectivity index (χ1v) is 16.1. The Bertz CT molecular complexity index is 1760. The Morgan fingerprint density at radius 2 is 1.78 bits per heavy atom. The van der Waals surface area contributed by atoms with Gasteiger partial charge >= 0.3 is 12.1 Å². The number of ketones is 1. The van der Waals surface area contributed by atoms with Crippen molar-refractivity contribution in [1.82, 2.24) is 10.2 Å². The zero-order chi connectivity index (χ0) is 36.0. The molecule has 0 saturated carbocycles. The molecule has 0 atom stereocenters. The fourth-order valence-corrected chi connectivity index (χ4v) is 4.63. The number of rotatable bonds is 12. The van der Waals surface area contributed by atoms with Gasteiger partial charge in [-0.3, -0.25) is 14.7 Å². The van der Waals surface area contributed by atoms with Crippen LogP contribution in [-0.2, 0) is 16.1 Å². The zero-order valence-electron chi connectivity index (χ0n) is 28.2. The number of H-pyrrole nitrogens is 1. The first-order chi connectivity index (χ1) is 23.3. The SMILES string of the molecule is CCC(=O)CS/C(C)=N\C(=O)Nc1ccc(-c2cc(NC(=O)c3ccc(OC(C)(F)F)c(F)c3)n[nH]2)cc1.CCOCc1cc[c-]cc1C.[U]. The van der Waals surface area contributed by atoms with Gasteiger partial charge < -0.3 is 20.1 Å². The number of nitrogens with one attached hydrogen (secondary N) is 3. The Labute approximate surface area is 316 Å². The summed E-state index contributed by atoms with van der Waals surface area (Å²) in [4.78, 5) is 39.8. The van der Waals surface area contributed by atoms with Crippen LogP contribution in [0.25, 0.3) is 11.3 Å². The number of carbonyl (C=O) groups is 3. The van der Waals surface area contributed by atoms with Gasteiger partial charge in [-0.2, -0.15) is 48.7 Å². The van der Waals surface area contributed by atoms with E-state index in [2.05, 4.69) is 43.6 Å². The van der Waals surface area contributed by atoms with Crippen molar-refractivity contribution in [2.75, 3.05) is 23.0 Å². The van der Waals surface area contributed by atoms with Crippen LogP contribution in [0, 0.1) is 49.9 Å². The topological polar surface area (TPSA) is 135 Å². The Morgan fingerprint density at radius 1 is 1.06 bits per heavy atom. The van der Waals surface area contributed by atoms with E-state index >= 15 is 0 Å². The number of aromatic amines is 1. The van der Waals surface area contributed by atoms with Crippen LogP contribution in [0.4, 0.5) is 29.5 Å². The Balaban J connectivity index is 0.000000615. The van der Waals surface area contributed by atoms with Gasteiger partial charge in [-0.1, -0.05) is 26.0 Å². The molecule has 0 aliphatic heterocycles. The molecule has 0 bridgehead atoms. The molecule has 10 nitrogen and oxygen atoms in total. The molecule has 0 aliphatic rings. The number of halogens is 3. The van der Waals surface area contributed by atoms with Crippen molar-refractivity contribution in [2.45, 2.75) is 53.8 Å². The van der Waals surface area contributed by atoms with E-state index in [0.717, 1.165) is 31.4 Å². The Morgan fingerprint density at radius 3 is 2.40 bits per heavy atom. The van der Waals surface area contributed by atoms with Gasteiger partial charge in [0.15, 0.2) is 17.4 Å². The number of thioether (sulfide) groups is 1. The molecule has 4 rings (SSSR count). The van der Waals surface area contributed by atoms with Crippen molar-refractivity contribution in [3.63, 3.8) is 0 Å². The summed E-state index contributed by atoms with van der Waals surface area (Å²) in [6, 6.07) is 19.5. The van der Waals surface area contributed by atoms with E-state index in [4.69, 9.17) is 4.74 Å². The largest absolute Gasteiger partial charge is 0.430 e. The molecule has 0 unspecified atom stereocenters. The first kappa shape index (κ1) is 42.3. The number of aliphatic imine (C=N–C) groups is 1. The third kappa shape index (κ3) is 14.5. The van der Waals surface area contributed by atoms with Gasteiger partial charge in [-0.05, 0) is 49.7 Å². The molecule has 0 fully saturated rings. The normalized spacial score (nSPS) is 11.1. The van der Waals surface area contributed by atoms with Crippen molar-refractivity contribution >= 4 is 46.0 Å². The predicted molar refractivity (Wildman–Crippen MR) is 185 cm³/mol. The van der Waals surface area contributed by atoms with Gasteiger partial charge in [0.25, 0.3) is 5.91 Å². The second kappa shape index (κ2) is 20.7. The molecule has 1 aromatic heterocycles. The molecule has 0 saturated heterocycles. The smallest absolute Gasteiger partial charge is 0.395 e. The minimum atomic E-state index is -3.57. The van der Waals surface area contributed by atoms with Gasteiger partial charge in [0.2, 0.25) is 0 Å². The van der Waals surface area contributed by atoms with E-state index in [9.17, 15) is 27.6 Å². The average Bonchev–Trinajstić information content (AvgIpc) is 3.52. The van der Waals surface area contributed by atoms with E-state index in [0.29, 0.717) is 35.3 Å². The van der Waals surface area contributed by atoms with Crippen LogP contribution in [0.3, 0.4) is 0 Å². The number of urea groups is 1. The van der Waals surface area contributed by atoms with E-state index in [1.54, 1.807) is 44.2 Å². The second-order valence-electron chi connectivity index (χ2n) is 10.5. The number of hydrogen-bond donors (Lipinski definition) is 3. The average molecular weight is 935 g/mol. The molecule has 3 aromatic carbocycles. The minimum Gasteiger partial charge on any atom is -0.430 e. The number of anilines is 2. The quantitative estimate of drug-likeness (QED) is 0.0738. The van der Waals surface area contributed by atoms with Crippen LogP contribution in [0.15, 0.2) is 71.7 Å². The molecule has 1 heterocycles. The zero-order valence-corrected chi connectivity index (χ0v) is 33.1. The fraction of sp³-hybridized carbons (Fsp3) is 0.286.